The van der Waals surface area contributed by atoms with Crippen molar-refractivity contribution in [2.24, 2.45) is 0 Å². The number of hydrogen-bond acceptors (Lipinski definition) is 2. The van der Waals surface area contributed by atoms with Gasteiger partial charge >= 0.3 is 0 Å². The van der Waals surface area contributed by atoms with Crippen LogP contribution in [0, 0.1) is 12.7 Å². The lowest BCUT2D eigenvalue weighted by Crippen LogP contribution is -2.10. The van der Waals surface area contributed by atoms with Gasteiger partial charge in [-0.3, -0.25) is 9.48 Å². The zero-order valence-electron chi connectivity index (χ0n) is 9.77. The van der Waals surface area contributed by atoms with Crippen molar-refractivity contribution >= 4 is 5.78 Å². The normalized spacial score (nSPS) is 10.5. The molecule has 0 atom stereocenters. The van der Waals surface area contributed by atoms with Gasteiger partial charge in [-0.15, -0.1) is 0 Å². The monoisotopic (exact) mass is 232 g/mol. The molecular formula is C13H13FN2O. The van der Waals surface area contributed by atoms with E-state index >= 15 is 0 Å². The van der Waals surface area contributed by atoms with Gasteiger partial charge in [0.1, 0.15) is 11.5 Å². The van der Waals surface area contributed by atoms with E-state index in [-0.39, 0.29) is 5.78 Å². The lowest BCUT2D eigenvalue weighted by molar-refractivity contribution is 0.102. The van der Waals surface area contributed by atoms with Crippen molar-refractivity contribution in [3.05, 3.63) is 53.1 Å². The van der Waals surface area contributed by atoms with E-state index in [1.807, 2.05) is 6.92 Å². The van der Waals surface area contributed by atoms with Crippen LogP contribution >= 0.6 is 0 Å². The summed E-state index contributed by atoms with van der Waals surface area (Å²) >= 11 is 0. The molecule has 4 heteroatoms. The van der Waals surface area contributed by atoms with Crippen molar-refractivity contribution in [1.82, 2.24) is 9.78 Å². The molecule has 17 heavy (non-hydrogen) atoms. The highest BCUT2D eigenvalue weighted by Gasteiger charge is 2.14. The molecule has 2 aromatic rings. The zero-order chi connectivity index (χ0) is 12.4. The first-order valence-corrected chi connectivity index (χ1v) is 5.45. The molecule has 0 fully saturated rings. The van der Waals surface area contributed by atoms with E-state index in [4.69, 9.17) is 0 Å². The van der Waals surface area contributed by atoms with Crippen molar-refractivity contribution in [2.75, 3.05) is 0 Å². The van der Waals surface area contributed by atoms with Gasteiger partial charge in [0.2, 0.25) is 5.78 Å². The van der Waals surface area contributed by atoms with Crippen molar-refractivity contribution in [3.63, 3.8) is 0 Å². The van der Waals surface area contributed by atoms with Crippen molar-refractivity contribution in [1.29, 1.82) is 0 Å². The van der Waals surface area contributed by atoms with Gasteiger partial charge in [-0.25, -0.2) is 4.39 Å². The first-order valence-electron chi connectivity index (χ1n) is 5.45. The average molecular weight is 232 g/mol. The van der Waals surface area contributed by atoms with Gasteiger partial charge in [0.25, 0.3) is 0 Å². The van der Waals surface area contributed by atoms with E-state index in [9.17, 15) is 9.18 Å². The lowest BCUT2D eigenvalue weighted by atomic mass is 10.1. The van der Waals surface area contributed by atoms with E-state index in [1.54, 1.807) is 29.9 Å². The topological polar surface area (TPSA) is 34.9 Å². The van der Waals surface area contributed by atoms with Gasteiger partial charge < -0.3 is 0 Å². The highest BCUT2D eigenvalue weighted by atomic mass is 19.1. The predicted molar refractivity (Wildman–Crippen MR) is 62.5 cm³/mol. The zero-order valence-corrected chi connectivity index (χ0v) is 9.77. The molecule has 0 spiro atoms. The maximum Gasteiger partial charge on any atom is 0.211 e. The molecule has 2 rings (SSSR count). The maximum atomic E-state index is 13.2. The Morgan fingerprint density at radius 2 is 2.18 bits per heavy atom. The molecule has 0 saturated heterocycles. The van der Waals surface area contributed by atoms with Gasteiger partial charge in [0, 0.05) is 18.3 Å². The first-order chi connectivity index (χ1) is 8.11. The minimum Gasteiger partial charge on any atom is -0.287 e. The van der Waals surface area contributed by atoms with Crippen molar-refractivity contribution in [3.8, 4) is 0 Å². The lowest BCUT2D eigenvalue weighted by Gasteiger charge is -2.05. The van der Waals surface area contributed by atoms with Crippen LogP contribution < -0.4 is 0 Å². The molecule has 1 aromatic carbocycles. The number of hydrogen-bond donors (Lipinski definition) is 0. The molecule has 0 aliphatic carbocycles. The summed E-state index contributed by atoms with van der Waals surface area (Å²) in [5.74, 6) is -0.595. The second-order valence-corrected chi connectivity index (χ2v) is 3.88. The van der Waals surface area contributed by atoms with Crippen LogP contribution in [-0.4, -0.2) is 15.6 Å². The van der Waals surface area contributed by atoms with Crippen LogP contribution in [0.5, 0.6) is 0 Å². The molecule has 1 heterocycles. The number of aryl methyl sites for hydroxylation is 2. The summed E-state index contributed by atoms with van der Waals surface area (Å²) in [6.07, 6.45) is 1.57. The third-order valence-corrected chi connectivity index (χ3v) is 2.55. The number of halogens is 1. The minimum atomic E-state index is -0.393. The Balaban J connectivity index is 2.43. The standard InChI is InChI=1S/C13H13FN2O/c1-3-16-12(4-5-15-16)13(17)10-6-9(2)7-11(14)8-10/h4-8H,3H2,1-2H3. The second-order valence-electron chi connectivity index (χ2n) is 3.88. The first kappa shape index (κ1) is 11.5. The SMILES string of the molecule is CCn1nccc1C(=O)c1cc(C)cc(F)c1. The van der Waals surface area contributed by atoms with Crippen LogP contribution in [0.2, 0.25) is 0 Å². The number of nitrogens with zero attached hydrogens (tertiary/aromatic N) is 2. The quantitative estimate of drug-likeness (QED) is 0.762. The van der Waals surface area contributed by atoms with Crippen LogP contribution in [0.4, 0.5) is 4.39 Å². The van der Waals surface area contributed by atoms with Crippen molar-refractivity contribution in [2.45, 2.75) is 20.4 Å². The van der Waals surface area contributed by atoms with Crippen molar-refractivity contribution < 1.29 is 9.18 Å². The summed E-state index contributed by atoms with van der Waals surface area (Å²) in [6.45, 7) is 4.28. The van der Waals surface area contributed by atoms with Gasteiger partial charge in [0.05, 0.1) is 0 Å². The van der Waals surface area contributed by atoms with Gasteiger partial charge in [-0.1, -0.05) is 0 Å². The number of carbonyl (C=O) groups is 1. The number of benzene rings is 1. The average Bonchev–Trinajstić information content (AvgIpc) is 2.74. The molecule has 0 unspecified atom stereocenters. The van der Waals surface area contributed by atoms with E-state index in [0.29, 0.717) is 17.8 Å². The Morgan fingerprint density at radius 1 is 1.41 bits per heavy atom. The van der Waals surface area contributed by atoms with Crippen LogP contribution in [0.3, 0.4) is 0 Å². The maximum absolute atomic E-state index is 13.2. The molecule has 1 aromatic heterocycles. The van der Waals surface area contributed by atoms with Gasteiger partial charge in [0.15, 0.2) is 0 Å². The van der Waals surface area contributed by atoms with E-state index < -0.39 is 5.82 Å². The third-order valence-electron chi connectivity index (χ3n) is 2.55. The highest BCUT2D eigenvalue weighted by molar-refractivity contribution is 6.07. The molecule has 3 nitrogen and oxygen atoms in total. The van der Waals surface area contributed by atoms with E-state index in [2.05, 4.69) is 5.10 Å². The highest BCUT2D eigenvalue weighted by Crippen LogP contribution is 2.13. The smallest absolute Gasteiger partial charge is 0.211 e. The summed E-state index contributed by atoms with van der Waals surface area (Å²) in [6, 6.07) is 5.97. The Labute approximate surface area is 98.9 Å². The molecule has 0 aliphatic rings. The molecule has 0 N–H and O–H groups in total. The molecule has 88 valence electrons. The summed E-state index contributed by atoms with van der Waals surface area (Å²) in [4.78, 5) is 12.2. The third kappa shape index (κ3) is 2.25. The van der Waals surface area contributed by atoms with Gasteiger partial charge in [-0.05, 0) is 43.7 Å². The number of aromatic nitrogens is 2. The van der Waals surface area contributed by atoms with E-state index in [1.165, 1.54) is 12.1 Å². The van der Waals surface area contributed by atoms with Crippen LogP contribution in [0.1, 0.15) is 28.5 Å². The molecule has 0 bridgehead atoms. The summed E-state index contributed by atoms with van der Waals surface area (Å²) in [7, 11) is 0. The summed E-state index contributed by atoms with van der Waals surface area (Å²) < 4.78 is 14.8. The minimum absolute atomic E-state index is 0.202. The van der Waals surface area contributed by atoms with Crippen LogP contribution in [0.25, 0.3) is 0 Å². The number of ketones is 1. The van der Waals surface area contributed by atoms with Crippen LogP contribution in [0.15, 0.2) is 30.5 Å². The fourth-order valence-electron chi connectivity index (χ4n) is 1.79. The molecule has 0 saturated carbocycles. The van der Waals surface area contributed by atoms with E-state index in [0.717, 1.165) is 5.56 Å². The van der Waals surface area contributed by atoms with Gasteiger partial charge in [-0.2, -0.15) is 5.10 Å². The fraction of sp³-hybridized carbons (Fsp3) is 0.231. The summed E-state index contributed by atoms with van der Waals surface area (Å²) in [5.41, 5.74) is 1.58. The molecule has 0 aliphatic heterocycles. The number of carbonyl (C=O) groups excluding carboxylic acids is 1. The Morgan fingerprint density at radius 3 is 2.82 bits per heavy atom. The molecule has 0 radical (unpaired) electrons. The summed E-state index contributed by atoms with van der Waals surface area (Å²) in [5, 5.41) is 4.03. The van der Waals surface area contributed by atoms with Crippen LogP contribution in [-0.2, 0) is 6.54 Å². The predicted octanol–water partition coefficient (Wildman–Crippen LogP) is 2.58. The molecular weight excluding hydrogens is 219 g/mol. The Hall–Kier alpha value is -1.97. The molecule has 0 amide bonds. The second kappa shape index (κ2) is 4.49. The largest absolute Gasteiger partial charge is 0.287 e. The fourth-order valence-corrected chi connectivity index (χ4v) is 1.79. The Kier molecular flexibility index (Phi) is 3.04. The number of rotatable bonds is 3. The Bertz CT molecular complexity index is 540.